The fraction of sp³-hybridized carbons (Fsp3) is 0.250. The molecule has 0 atom stereocenters. The first-order chi connectivity index (χ1) is 10.1. The summed E-state index contributed by atoms with van der Waals surface area (Å²) in [5, 5.41) is 0. The van der Waals surface area contributed by atoms with Crippen molar-refractivity contribution >= 4 is 32.7 Å². The molecule has 1 aliphatic heterocycles. The normalized spacial score (nSPS) is 11.2. The lowest BCUT2D eigenvalue weighted by atomic mass is 10.2. The second-order valence-corrected chi connectivity index (χ2v) is 5.64. The van der Waals surface area contributed by atoms with Gasteiger partial charge in [-0.3, -0.25) is 4.79 Å². The lowest BCUT2D eigenvalue weighted by Crippen LogP contribution is -2.21. The number of aromatic nitrogens is 1. The minimum absolute atomic E-state index is 0.104. The zero-order chi connectivity index (χ0) is 15.0. The second kappa shape index (κ2) is 5.48. The van der Waals surface area contributed by atoms with E-state index in [1.807, 2.05) is 18.2 Å². The maximum absolute atomic E-state index is 11.7. The van der Waals surface area contributed by atoms with E-state index in [1.165, 1.54) is 6.07 Å². The van der Waals surface area contributed by atoms with Crippen LogP contribution in [-0.2, 0) is 0 Å². The van der Waals surface area contributed by atoms with Crippen LogP contribution in [0.15, 0.2) is 44.0 Å². The third-order valence-electron chi connectivity index (χ3n) is 3.55. The molecule has 0 saturated carbocycles. The number of hydrogen-bond donors (Lipinski definition) is 0. The monoisotopic (exact) mass is 346 g/mol. The molecule has 1 aromatic carbocycles. The van der Waals surface area contributed by atoms with Crippen molar-refractivity contribution in [1.82, 2.24) is 4.98 Å². The summed E-state index contributed by atoms with van der Waals surface area (Å²) in [5.74, 6) is 0.507. The summed E-state index contributed by atoms with van der Waals surface area (Å²) < 4.78 is 6.35. The van der Waals surface area contributed by atoms with Crippen molar-refractivity contribution in [2.75, 3.05) is 18.0 Å². The van der Waals surface area contributed by atoms with Crippen LogP contribution in [0.3, 0.4) is 0 Å². The van der Waals surface area contributed by atoms with E-state index < -0.39 is 0 Å². The third kappa shape index (κ3) is 2.53. The number of rotatable bonds is 3. The van der Waals surface area contributed by atoms with Gasteiger partial charge in [0.15, 0.2) is 16.8 Å². The van der Waals surface area contributed by atoms with Crippen LogP contribution in [0.1, 0.15) is 13.8 Å². The second-order valence-electron chi connectivity index (χ2n) is 4.79. The molecule has 3 rings (SSSR count). The van der Waals surface area contributed by atoms with Crippen LogP contribution in [0.25, 0.3) is 22.6 Å². The van der Waals surface area contributed by atoms with E-state index in [-0.39, 0.29) is 5.43 Å². The highest BCUT2D eigenvalue weighted by molar-refractivity contribution is 9.10. The number of hydrogen-bond acceptors (Lipinski definition) is 4. The minimum Gasteiger partial charge on any atom is -0.453 e. The summed E-state index contributed by atoms with van der Waals surface area (Å²) in [5.41, 5.74) is 3.13. The molecule has 0 radical (unpaired) electrons. The summed E-state index contributed by atoms with van der Waals surface area (Å²) >= 11 is 3.23. The van der Waals surface area contributed by atoms with Gasteiger partial charge in [0.25, 0.3) is 0 Å². The molecule has 21 heavy (non-hydrogen) atoms. The van der Waals surface area contributed by atoms with Gasteiger partial charge in [-0.05, 0) is 48.0 Å². The maximum atomic E-state index is 11.7. The smallest absolute Gasteiger partial charge is 0.196 e. The topological polar surface area (TPSA) is 46.3 Å². The van der Waals surface area contributed by atoms with E-state index in [0.29, 0.717) is 21.5 Å². The Morgan fingerprint density at radius 1 is 1.19 bits per heavy atom. The lowest BCUT2D eigenvalue weighted by molar-refractivity contribution is 0.612. The van der Waals surface area contributed by atoms with Gasteiger partial charge in [0.1, 0.15) is 11.2 Å². The summed E-state index contributed by atoms with van der Waals surface area (Å²) in [4.78, 5) is 18.5. The Morgan fingerprint density at radius 2 is 1.95 bits per heavy atom. The highest BCUT2D eigenvalue weighted by Crippen LogP contribution is 2.28. The van der Waals surface area contributed by atoms with Gasteiger partial charge in [-0.1, -0.05) is 0 Å². The standard InChI is InChI=1S/C16H15BrN2O2/c1-3-19(4-2)10-5-6-12-15(7-10)21-16-9-14(20)11(17)8-13(16)18-12/h5-9H,3-4H2,1-2H3. The number of halogens is 1. The Bertz CT molecular complexity index is 824. The molecule has 1 heterocycles. The lowest BCUT2D eigenvalue weighted by Gasteiger charge is -2.21. The minimum atomic E-state index is -0.104. The van der Waals surface area contributed by atoms with Crippen molar-refractivity contribution in [3.63, 3.8) is 0 Å². The molecule has 108 valence electrons. The Labute approximate surface area is 130 Å². The van der Waals surface area contributed by atoms with Gasteiger partial charge in [0.2, 0.25) is 0 Å². The van der Waals surface area contributed by atoms with Gasteiger partial charge in [-0.25, -0.2) is 4.98 Å². The van der Waals surface area contributed by atoms with Crippen LogP contribution in [0.4, 0.5) is 5.69 Å². The Kier molecular flexibility index (Phi) is 3.68. The molecular formula is C16H15BrN2O2. The summed E-state index contributed by atoms with van der Waals surface area (Å²) in [7, 11) is 0. The molecule has 0 bridgehead atoms. The predicted octanol–water partition coefficient (Wildman–Crippen LogP) is 3.90. The SMILES string of the molecule is CCN(CC)c1ccc2nc3cc(Br)c(=O)cc-3oc2c1. The van der Waals surface area contributed by atoms with E-state index in [1.54, 1.807) is 6.07 Å². The van der Waals surface area contributed by atoms with E-state index in [2.05, 4.69) is 39.7 Å². The molecule has 5 heteroatoms. The molecule has 1 aromatic rings. The third-order valence-corrected chi connectivity index (χ3v) is 4.17. The predicted molar refractivity (Wildman–Crippen MR) is 88.2 cm³/mol. The molecule has 0 aromatic heterocycles. The molecule has 0 saturated heterocycles. The van der Waals surface area contributed by atoms with Crippen molar-refractivity contribution in [3.8, 4) is 11.5 Å². The van der Waals surface area contributed by atoms with Crippen LogP contribution in [0.2, 0.25) is 0 Å². The number of benzene rings is 2. The van der Waals surface area contributed by atoms with Crippen molar-refractivity contribution in [3.05, 3.63) is 45.0 Å². The Hall–Kier alpha value is -1.88. The quantitative estimate of drug-likeness (QED) is 0.674. The van der Waals surface area contributed by atoms with E-state index in [4.69, 9.17) is 4.42 Å². The molecule has 1 aliphatic carbocycles. The van der Waals surface area contributed by atoms with Crippen LogP contribution in [0.5, 0.6) is 0 Å². The van der Waals surface area contributed by atoms with Gasteiger partial charge >= 0.3 is 0 Å². The Balaban J connectivity index is 2.22. The average Bonchev–Trinajstić information content (AvgIpc) is 2.48. The van der Waals surface area contributed by atoms with Crippen molar-refractivity contribution in [2.45, 2.75) is 13.8 Å². The molecule has 0 spiro atoms. The first-order valence-corrected chi connectivity index (χ1v) is 7.70. The van der Waals surface area contributed by atoms with Crippen LogP contribution in [-0.4, -0.2) is 18.1 Å². The summed E-state index contributed by atoms with van der Waals surface area (Å²) in [6.45, 7) is 6.09. The zero-order valence-corrected chi connectivity index (χ0v) is 13.5. The Morgan fingerprint density at radius 3 is 2.67 bits per heavy atom. The van der Waals surface area contributed by atoms with Crippen molar-refractivity contribution in [1.29, 1.82) is 0 Å². The van der Waals surface area contributed by atoms with Crippen LogP contribution >= 0.6 is 15.9 Å². The summed E-state index contributed by atoms with van der Waals surface area (Å²) in [6, 6.07) is 9.13. The van der Waals surface area contributed by atoms with Crippen LogP contribution < -0.4 is 10.3 Å². The van der Waals surface area contributed by atoms with Crippen molar-refractivity contribution < 1.29 is 4.42 Å². The zero-order valence-electron chi connectivity index (χ0n) is 11.9. The van der Waals surface area contributed by atoms with Gasteiger partial charge in [0, 0.05) is 30.9 Å². The first kappa shape index (κ1) is 14.1. The fourth-order valence-electron chi connectivity index (χ4n) is 2.40. The fourth-order valence-corrected chi connectivity index (χ4v) is 2.74. The number of anilines is 1. The van der Waals surface area contributed by atoms with E-state index >= 15 is 0 Å². The first-order valence-electron chi connectivity index (χ1n) is 6.91. The van der Waals surface area contributed by atoms with Gasteiger partial charge in [0.05, 0.1) is 4.47 Å². The van der Waals surface area contributed by atoms with Crippen LogP contribution in [0, 0.1) is 0 Å². The number of nitrogens with zero attached hydrogens (tertiary/aromatic N) is 2. The molecule has 0 amide bonds. The number of fused-ring (bicyclic) bond motifs is 2. The van der Waals surface area contributed by atoms with Gasteiger partial charge in [-0.2, -0.15) is 0 Å². The molecule has 0 N–H and O–H groups in total. The van der Waals surface area contributed by atoms with E-state index in [9.17, 15) is 4.79 Å². The molecule has 0 unspecified atom stereocenters. The highest BCUT2D eigenvalue weighted by Gasteiger charge is 2.13. The molecule has 2 aliphatic rings. The largest absolute Gasteiger partial charge is 0.453 e. The van der Waals surface area contributed by atoms with Gasteiger partial charge in [-0.15, -0.1) is 0 Å². The van der Waals surface area contributed by atoms with Gasteiger partial charge < -0.3 is 9.32 Å². The molecule has 4 nitrogen and oxygen atoms in total. The molecule has 0 fully saturated rings. The van der Waals surface area contributed by atoms with E-state index in [0.717, 1.165) is 24.3 Å². The maximum Gasteiger partial charge on any atom is 0.196 e. The molecular weight excluding hydrogens is 332 g/mol. The average molecular weight is 347 g/mol. The summed E-state index contributed by atoms with van der Waals surface area (Å²) in [6.07, 6.45) is 0. The highest BCUT2D eigenvalue weighted by atomic mass is 79.9. The van der Waals surface area contributed by atoms with Crippen molar-refractivity contribution in [2.24, 2.45) is 0 Å².